The van der Waals surface area contributed by atoms with Crippen LogP contribution in [0.3, 0.4) is 0 Å². The number of aromatic nitrogens is 1. The number of amides is 1. The van der Waals surface area contributed by atoms with Gasteiger partial charge >= 0.3 is 0 Å². The summed E-state index contributed by atoms with van der Waals surface area (Å²) < 4.78 is 19.4. The minimum Gasteiger partial charge on any atom is -0.436 e. The van der Waals surface area contributed by atoms with Crippen molar-refractivity contribution in [3.63, 3.8) is 0 Å². The molecular formula is C19H19FN2O2. The van der Waals surface area contributed by atoms with Gasteiger partial charge in [-0.25, -0.2) is 9.37 Å². The summed E-state index contributed by atoms with van der Waals surface area (Å²) >= 11 is 0. The van der Waals surface area contributed by atoms with E-state index in [4.69, 9.17) is 10.5 Å². The molecule has 1 heterocycles. The Balaban J connectivity index is 1.48. The lowest BCUT2D eigenvalue weighted by Crippen LogP contribution is -2.11. The Hall–Kier alpha value is -2.43. The van der Waals surface area contributed by atoms with E-state index < -0.39 is 11.7 Å². The first-order chi connectivity index (χ1) is 11.6. The van der Waals surface area contributed by atoms with Crippen LogP contribution in [0, 0.1) is 17.7 Å². The highest BCUT2D eigenvalue weighted by atomic mass is 19.1. The molecule has 24 heavy (non-hydrogen) atoms. The van der Waals surface area contributed by atoms with Crippen molar-refractivity contribution in [2.75, 3.05) is 0 Å². The van der Waals surface area contributed by atoms with Gasteiger partial charge in [0.1, 0.15) is 5.75 Å². The topological polar surface area (TPSA) is 65.2 Å². The van der Waals surface area contributed by atoms with Crippen LogP contribution in [0.5, 0.6) is 11.6 Å². The summed E-state index contributed by atoms with van der Waals surface area (Å²) in [4.78, 5) is 14.8. The monoisotopic (exact) mass is 326 g/mol. The fraction of sp³-hybridized carbons (Fsp3) is 0.368. The van der Waals surface area contributed by atoms with Crippen LogP contribution in [0.25, 0.3) is 0 Å². The van der Waals surface area contributed by atoms with E-state index in [1.807, 2.05) is 12.1 Å². The Morgan fingerprint density at radius 1 is 1.21 bits per heavy atom. The zero-order valence-corrected chi connectivity index (χ0v) is 13.2. The summed E-state index contributed by atoms with van der Waals surface area (Å²) in [6.07, 6.45) is 6.59. The Morgan fingerprint density at radius 2 is 2.00 bits per heavy atom. The van der Waals surface area contributed by atoms with Gasteiger partial charge in [0.2, 0.25) is 5.91 Å². The smallest absolute Gasteiger partial charge is 0.255 e. The Bertz CT molecular complexity index is 775. The molecule has 1 amide bonds. The molecule has 1 aromatic carbocycles. The molecule has 1 aromatic heterocycles. The fourth-order valence-corrected chi connectivity index (χ4v) is 4.18. The number of ether oxygens (including phenoxy) is 1. The summed E-state index contributed by atoms with van der Waals surface area (Å²) in [6, 6.07) is 8.87. The average Bonchev–Trinajstić information content (AvgIpc) is 3.20. The molecule has 4 nitrogen and oxygen atoms in total. The van der Waals surface area contributed by atoms with Crippen LogP contribution in [0.15, 0.2) is 36.5 Å². The first-order valence-electron chi connectivity index (χ1n) is 8.33. The van der Waals surface area contributed by atoms with Gasteiger partial charge in [-0.3, -0.25) is 4.79 Å². The first-order valence-corrected chi connectivity index (χ1v) is 8.33. The van der Waals surface area contributed by atoms with Crippen molar-refractivity contribution >= 4 is 5.91 Å². The Labute approximate surface area is 139 Å². The third kappa shape index (κ3) is 2.75. The number of pyridine rings is 1. The van der Waals surface area contributed by atoms with Crippen LogP contribution < -0.4 is 10.5 Å². The molecule has 0 spiro atoms. The van der Waals surface area contributed by atoms with Crippen LogP contribution in [-0.4, -0.2) is 10.9 Å². The number of primary amides is 1. The summed E-state index contributed by atoms with van der Waals surface area (Å²) in [5.74, 6) is 1.32. The molecule has 2 aromatic rings. The summed E-state index contributed by atoms with van der Waals surface area (Å²) in [7, 11) is 0. The van der Waals surface area contributed by atoms with Crippen molar-refractivity contribution in [1.29, 1.82) is 0 Å². The molecule has 3 atom stereocenters. The number of halogens is 1. The molecule has 124 valence electrons. The Kier molecular flexibility index (Phi) is 3.71. The van der Waals surface area contributed by atoms with E-state index in [2.05, 4.69) is 17.1 Å². The highest BCUT2D eigenvalue weighted by Gasteiger charge is 2.39. The van der Waals surface area contributed by atoms with Gasteiger partial charge in [-0.1, -0.05) is 18.6 Å². The van der Waals surface area contributed by atoms with E-state index in [1.165, 1.54) is 37.4 Å². The number of benzene rings is 1. The molecule has 2 fully saturated rings. The normalized spacial score (nSPS) is 25.0. The number of nitrogens with two attached hydrogens (primary N) is 1. The van der Waals surface area contributed by atoms with E-state index in [0.29, 0.717) is 11.7 Å². The number of fused-ring (bicyclic) bond motifs is 2. The number of hydrogen-bond acceptors (Lipinski definition) is 3. The predicted molar refractivity (Wildman–Crippen MR) is 87.4 cm³/mol. The standard InChI is InChI=1S/C19H19FN2O2/c20-17-9-14(18(21)23)10-22-19(17)24-15-5-3-12(4-6-15)16-8-11-1-2-13(16)7-11/h3-6,9-11,13,16H,1-2,7-8H2,(H2,21,23)/t11?,13-,16?/m0/s1. The molecule has 0 saturated heterocycles. The summed E-state index contributed by atoms with van der Waals surface area (Å²) in [6.45, 7) is 0. The average molecular weight is 326 g/mol. The number of carbonyl (C=O) groups excluding carboxylic acids is 1. The lowest BCUT2D eigenvalue weighted by Gasteiger charge is -2.22. The van der Waals surface area contributed by atoms with Crippen LogP contribution in [0.2, 0.25) is 0 Å². The van der Waals surface area contributed by atoms with E-state index in [0.717, 1.165) is 17.9 Å². The van der Waals surface area contributed by atoms with Gasteiger partial charge in [0.05, 0.1) is 5.56 Å². The zero-order chi connectivity index (χ0) is 16.7. The lowest BCUT2D eigenvalue weighted by atomic mass is 9.83. The third-order valence-corrected chi connectivity index (χ3v) is 5.35. The first kappa shape index (κ1) is 15.1. The molecule has 0 aliphatic heterocycles. The molecule has 2 aliphatic rings. The molecule has 2 unspecified atom stereocenters. The summed E-state index contributed by atoms with van der Waals surface area (Å²) in [5, 5.41) is 0. The van der Waals surface area contributed by atoms with Crippen molar-refractivity contribution in [2.45, 2.75) is 31.6 Å². The van der Waals surface area contributed by atoms with E-state index >= 15 is 0 Å². The third-order valence-electron chi connectivity index (χ3n) is 5.35. The number of rotatable bonds is 4. The van der Waals surface area contributed by atoms with Gasteiger partial charge in [0, 0.05) is 6.20 Å². The van der Waals surface area contributed by atoms with E-state index in [9.17, 15) is 9.18 Å². The minimum atomic E-state index is -0.719. The summed E-state index contributed by atoms with van der Waals surface area (Å²) in [5.41, 5.74) is 6.46. The van der Waals surface area contributed by atoms with Crippen molar-refractivity contribution in [2.24, 2.45) is 17.6 Å². The van der Waals surface area contributed by atoms with Crippen LogP contribution in [0.4, 0.5) is 4.39 Å². The molecule has 2 saturated carbocycles. The second-order valence-electron chi connectivity index (χ2n) is 6.83. The van der Waals surface area contributed by atoms with Crippen molar-refractivity contribution < 1.29 is 13.9 Å². The maximum absolute atomic E-state index is 13.9. The molecule has 4 rings (SSSR count). The van der Waals surface area contributed by atoms with Gasteiger partial charge < -0.3 is 10.5 Å². The predicted octanol–water partition coefficient (Wildman–Crippen LogP) is 4.02. The molecule has 2 bridgehead atoms. The number of carbonyl (C=O) groups is 1. The maximum Gasteiger partial charge on any atom is 0.255 e. The van der Waals surface area contributed by atoms with Gasteiger partial charge in [0.15, 0.2) is 5.82 Å². The highest BCUT2D eigenvalue weighted by molar-refractivity contribution is 5.92. The van der Waals surface area contributed by atoms with Crippen molar-refractivity contribution in [3.05, 3.63) is 53.5 Å². The molecular weight excluding hydrogens is 307 g/mol. The second-order valence-corrected chi connectivity index (χ2v) is 6.83. The van der Waals surface area contributed by atoms with Crippen LogP contribution in [-0.2, 0) is 0 Å². The van der Waals surface area contributed by atoms with Crippen LogP contribution >= 0.6 is 0 Å². The zero-order valence-electron chi connectivity index (χ0n) is 13.2. The van der Waals surface area contributed by atoms with Crippen molar-refractivity contribution in [1.82, 2.24) is 4.98 Å². The second kappa shape index (κ2) is 5.89. The molecule has 2 aliphatic carbocycles. The van der Waals surface area contributed by atoms with Crippen molar-refractivity contribution in [3.8, 4) is 11.6 Å². The van der Waals surface area contributed by atoms with Gasteiger partial charge in [-0.05, 0) is 60.8 Å². The SMILES string of the molecule is NC(=O)c1cnc(Oc2ccc(C3CC4CC[C@H]3C4)cc2)c(F)c1. The molecule has 2 N–H and O–H groups in total. The van der Waals surface area contributed by atoms with Gasteiger partial charge in [0.25, 0.3) is 5.88 Å². The fourth-order valence-electron chi connectivity index (χ4n) is 4.18. The Morgan fingerprint density at radius 3 is 2.58 bits per heavy atom. The van der Waals surface area contributed by atoms with E-state index in [-0.39, 0.29) is 11.4 Å². The van der Waals surface area contributed by atoms with E-state index in [1.54, 1.807) is 0 Å². The molecule has 5 heteroatoms. The largest absolute Gasteiger partial charge is 0.436 e. The van der Waals surface area contributed by atoms with Gasteiger partial charge in [-0.2, -0.15) is 0 Å². The number of nitrogens with zero attached hydrogens (tertiary/aromatic N) is 1. The highest BCUT2D eigenvalue weighted by Crippen LogP contribution is 2.52. The van der Waals surface area contributed by atoms with Crippen LogP contribution in [0.1, 0.15) is 47.5 Å². The molecule has 0 radical (unpaired) electrons. The lowest BCUT2D eigenvalue weighted by molar-refractivity contribution is 0.0999. The number of hydrogen-bond donors (Lipinski definition) is 1. The quantitative estimate of drug-likeness (QED) is 0.923. The maximum atomic E-state index is 13.9. The minimum absolute atomic E-state index is 0.0199. The van der Waals surface area contributed by atoms with Gasteiger partial charge in [-0.15, -0.1) is 0 Å².